The lowest BCUT2D eigenvalue weighted by Gasteiger charge is -2.26. The monoisotopic (exact) mass is 223 g/mol. The maximum absolute atomic E-state index is 12.1. The average molecular weight is 223 g/mol. The van der Waals surface area contributed by atoms with Crippen LogP contribution in [0.25, 0.3) is 0 Å². The Morgan fingerprint density at radius 3 is 2.69 bits per heavy atom. The van der Waals surface area contributed by atoms with Crippen molar-refractivity contribution < 1.29 is 9.21 Å². The van der Waals surface area contributed by atoms with Crippen LogP contribution in [0, 0.1) is 5.92 Å². The Morgan fingerprint density at radius 2 is 2.19 bits per heavy atom. The van der Waals surface area contributed by atoms with Crippen LogP contribution in [0.5, 0.6) is 0 Å². The molecule has 0 saturated carbocycles. The smallest absolute Gasteiger partial charge is 0.225 e. The van der Waals surface area contributed by atoms with Gasteiger partial charge in [0, 0.05) is 13.0 Å². The molecule has 1 aromatic heterocycles. The van der Waals surface area contributed by atoms with E-state index in [0.29, 0.717) is 0 Å². The maximum atomic E-state index is 12.1. The standard InChI is InChI=1S/C13H21NO2/c1-5-7-10(2)13(15)14(4)11(3)12-8-6-9-16-12/h6,8-11H,5,7H2,1-4H3. The summed E-state index contributed by atoms with van der Waals surface area (Å²) in [6.45, 7) is 6.06. The Kier molecular flexibility index (Phi) is 4.59. The van der Waals surface area contributed by atoms with Crippen LogP contribution in [0.4, 0.5) is 0 Å². The minimum Gasteiger partial charge on any atom is -0.467 e. The number of furan rings is 1. The van der Waals surface area contributed by atoms with Crippen molar-refractivity contribution in [1.29, 1.82) is 0 Å². The van der Waals surface area contributed by atoms with Gasteiger partial charge in [0.05, 0.1) is 12.3 Å². The van der Waals surface area contributed by atoms with Crippen molar-refractivity contribution in [3.8, 4) is 0 Å². The summed E-state index contributed by atoms with van der Waals surface area (Å²) in [5.41, 5.74) is 0. The van der Waals surface area contributed by atoms with E-state index in [1.165, 1.54) is 0 Å². The second-order valence-electron chi connectivity index (χ2n) is 4.33. The van der Waals surface area contributed by atoms with Gasteiger partial charge in [-0.05, 0) is 25.5 Å². The normalized spacial score (nSPS) is 14.5. The molecule has 0 N–H and O–H groups in total. The molecule has 0 radical (unpaired) electrons. The van der Waals surface area contributed by atoms with E-state index < -0.39 is 0 Å². The fourth-order valence-corrected chi connectivity index (χ4v) is 1.81. The van der Waals surface area contributed by atoms with Crippen molar-refractivity contribution >= 4 is 5.91 Å². The minimum atomic E-state index is 0.00167. The Labute approximate surface area is 97.4 Å². The highest BCUT2D eigenvalue weighted by Crippen LogP contribution is 2.21. The highest BCUT2D eigenvalue weighted by atomic mass is 16.3. The molecular weight excluding hydrogens is 202 g/mol. The van der Waals surface area contributed by atoms with Crippen LogP contribution in [0.15, 0.2) is 22.8 Å². The molecule has 0 bridgehead atoms. The van der Waals surface area contributed by atoms with E-state index >= 15 is 0 Å². The third-order valence-corrected chi connectivity index (χ3v) is 3.03. The molecule has 1 rings (SSSR count). The highest BCUT2D eigenvalue weighted by molar-refractivity contribution is 5.78. The molecule has 3 nitrogen and oxygen atoms in total. The summed E-state index contributed by atoms with van der Waals surface area (Å²) in [5, 5.41) is 0. The molecule has 1 amide bonds. The molecule has 3 heteroatoms. The van der Waals surface area contributed by atoms with Crippen molar-refractivity contribution in [2.75, 3.05) is 7.05 Å². The summed E-state index contributed by atoms with van der Waals surface area (Å²) in [5.74, 6) is 1.11. The van der Waals surface area contributed by atoms with Crippen LogP contribution >= 0.6 is 0 Å². The van der Waals surface area contributed by atoms with E-state index in [-0.39, 0.29) is 17.9 Å². The predicted molar refractivity (Wildman–Crippen MR) is 64.0 cm³/mol. The first kappa shape index (κ1) is 12.8. The van der Waals surface area contributed by atoms with Gasteiger partial charge in [0.2, 0.25) is 5.91 Å². The van der Waals surface area contributed by atoms with Gasteiger partial charge in [-0.15, -0.1) is 0 Å². The van der Waals surface area contributed by atoms with E-state index in [2.05, 4.69) is 6.92 Å². The van der Waals surface area contributed by atoms with E-state index in [1.54, 1.807) is 11.2 Å². The molecule has 2 unspecified atom stereocenters. The zero-order chi connectivity index (χ0) is 12.1. The van der Waals surface area contributed by atoms with E-state index in [4.69, 9.17) is 4.42 Å². The molecule has 1 aromatic rings. The van der Waals surface area contributed by atoms with Crippen LogP contribution in [0.2, 0.25) is 0 Å². The zero-order valence-corrected chi connectivity index (χ0v) is 10.6. The molecule has 0 saturated heterocycles. The lowest BCUT2D eigenvalue weighted by molar-refractivity contribution is -0.136. The molecule has 1 heterocycles. The number of nitrogens with zero attached hydrogens (tertiary/aromatic N) is 1. The molecule has 0 aliphatic rings. The van der Waals surface area contributed by atoms with Crippen LogP contribution in [-0.2, 0) is 4.79 Å². The quantitative estimate of drug-likeness (QED) is 0.767. The number of amides is 1. The largest absolute Gasteiger partial charge is 0.467 e. The number of carbonyl (C=O) groups excluding carboxylic acids is 1. The predicted octanol–water partition coefficient (Wildman–Crippen LogP) is 3.24. The molecule has 0 aliphatic heterocycles. The van der Waals surface area contributed by atoms with Gasteiger partial charge in [-0.25, -0.2) is 0 Å². The van der Waals surface area contributed by atoms with Gasteiger partial charge in [-0.3, -0.25) is 4.79 Å². The number of rotatable bonds is 5. The lowest BCUT2D eigenvalue weighted by Crippen LogP contribution is -2.33. The van der Waals surface area contributed by atoms with Gasteiger partial charge in [0.15, 0.2) is 0 Å². The third-order valence-electron chi connectivity index (χ3n) is 3.03. The molecular formula is C13H21NO2. The fraction of sp³-hybridized carbons (Fsp3) is 0.615. The SMILES string of the molecule is CCCC(C)C(=O)N(C)C(C)c1ccco1. The second-order valence-corrected chi connectivity index (χ2v) is 4.33. The van der Waals surface area contributed by atoms with Gasteiger partial charge in [0.1, 0.15) is 5.76 Å². The average Bonchev–Trinajstić information content (AvgIpc) is 2.79. The first-order chi connectivity index (χ1) is 7.57. The summed E-state index contributed by atoms with van der Waals surface area (Å²) in [6, 6.07) is 3.75. The van der Waals surface area contributed by atoms with E-state index in [9.17, 15) is 4.79 Å². The topological polar surface area (TPSA) is 33.5 Å². The second kappa shape index (κ2) is 5.73. The third kappa shape index (κ3) is 2.87. The van der Waals surface area contributed by atoms with Gasteiger partial charge < -0.3 is 9.32 Å². The molecule has 0 spiro atoms. The molecule has 2 atom stereocenters. The molecule has 0 aromatic carbocycles. The summed E-state index contributed by atoms with van der Waals surface area (Å²) >= 11 is 0. The van der Waals surface area contributed by atoms with Gasteiger partial charge in [0.25, 0.3) is 0 Å². The van der Waals surface area contributed by atoms with Gasteiger partial charge in [-0.1, -0.05) is 20.3 Å². The van der Waals surface area contributed by atoms with E-state index in [1.807, 2.05) is 33.0 Å². The molecule has 0 aliphatic carbocycles. The summed E-state index contributed by atoms with van der Waals surface area (Å²) in [6.07, 6.45) is 3.61. The van der Waals surface area contributed by atoms with Crippen LogP contribution in [0.1, 0.15) is 45.4 Å². The van der Waals surface area contributed by atoms with Crippen molar-refractivity contribution in [1.82, 2.24) is 4.90 Å². The minimum absolute atomic E-state index is 0.00167. The Balaban J connectivity index is 2.63. The van der Waals surface area contributed by atoms with Crippen molar-refractivity contribution in [3.63, 3.8) is 0 Å². The zero-order valence-electron chi connectivity index (χ0n) is 10.6. The van der Waals surface area contributed by atoms with Crippen molar-refractivity contribution in [2.24, 2.45) is 5.92 Å². The Hall–Kier alpha value is -1.25. The van der Waals surface area contributed by atoms with Gasteiger partial charge in [-0.2, -0.15) is 0 Å². The highest BCUT2D eigenvalue weighted by Gasteiger charge is 2.23. The number of hydrogen-bond donors (Lipinski definition) is 0. The summed E-state index contributed by atoms with van der Waals surface area (Å²) < 4.78 is 5.31. The van der Waals surface area contributed by atoms with Crippen LogP contribution in [0.3, 0.4) is 0 Å². The number of carbonyl (C=O) groups is 1. The van der Waals surface area contributed by atoms with E-state index in [0.717, 1.165) is 18.6 Å². The van der Waals surface area contributed by atoms with Crippen LogP contribution in [-0.4, -0.2) is 17.9 Å². The molecule has 90 valence electrons. The lowest BCUT2D eigenvalue weighted by atomic mass is 10.0. The van der Waals surface area contributed by atoms with Gasteiger partial charge >= 0.3 is 0 Å². The fourth-order valence-electron chi connectivity index (χ4n) is 1.81. The Bertz CT molecular complexity index is 319. The molecule has 0 fully saturated rings. The van der Waals surface area contributed by atoms with Crippen molar-refractivity contribution in [3.05, 3.63) is 24.2 Å². The Morgan fingerprint density at radius 1 is 1.50 bits per heavy atom. The first-order valence-electron chi connectivity index (χ1n) is 5.88. The van der Waals surface area contributed by atoms with Crippen LogP contribution < -0.4 is 0 Å². The summed E-state index contributed by atoms with van der Waals surface area (Å²) in [7, 11) is 1.84. The molecule has 16 heavy (non-hydrogen) atoms. The van der Waals surface area contributed by atoms with Crippen molar-refractivity contribution in [2.45, 2.75) is 39.7 Å². The maximum Gasteiger partial charge on any atom is 0.225 e. The first-order valence-corrected chi connectivity index (χ1v) is 5.88. The summed E-state index contributed by atoms with van der Waals surface area (Å²) in [4.78, 5) is 13.8. The number of hydrogen-bond acceptors (Lipinski definition) is 2.